The molecule has 0 saturated carbocycles. The lowest BCUT2D eigenvalue weighted by molar-refractivity contribution is 0.0958. The van der Waals surface area contributed by atoms with Gasteiger partial charge in [-0.05, 0) is 48.9 Å². The Morgan fingerprint density at radius 3 is 2.79 bits per heavy atom. The van der Waals surface area contributed by atoms with Gasteiger partial charge in [0.2, 0.25) is 0 Å². The molecule has 0 bridgehead atoms. The van der Waals surface area contributed by atoms with E-state index in [2.05, 4.69) is 15.5 Å². The Bertz CT molecular complexity index is 1060. The first-order chi connectivity index (χ1) is 14.2. The van der Waals surface area contributed by atoms with Crippen LogP contribution in [-0.4, -0.2) is 37.4 Å². The van der Waals surface area contributed by atoms with Gasteiger partial charge in [-0.15, -0.1) is 11.3 Å². The summed E-state index contributed by atoms with van der Waals surface area (Å²) < 4.78 is 16.5. The predicted octanol–water partition coefficient (Wildman–Crippen LogP) is 3.66. The largest absolute Gasteiger partial charge is 0.497 e. The summed E-state index contributed by atoms with van der Waals surface area (Å²) in [5.41, 5.74) is 4.86. The molecule has 148 valence electrons. The van der Waals surface area contributed by atoms with Crippen molar-refractivity contribution in [2.24, 2.45) is 5.10 Å². The van der Waals surface area contributed by atoms with Crippen LogP contribution in [-0.2, 0) is 0 Å². The average molecular weight is 409 g/mol. The number of nitrogens with zero attached hydrogens (tertiary/aromatic N) is 2. The number of methoxy groups -OCH3 is 1. The van der Waals surface area contributed by atoms with Crippen LogP contribution in [0.2, 0.25) is 0 Å². The Balaban J connectivity index is 1.50. The molecule has 0 aliphatic carbocycles. The first-order valence-corrected chi connectivity index (χ1v) is 9.81. The van der Waals surface area contributed by atoms with Gasteiger partial charge in [-0.3, -0.25) is 4.79 Å². The van der Waals surface area contributed by atoms with E-state index in [9.17, 15) is 4.79 Å². The molecule has 0 fully saturated rings. The van der Waals surface area contributed by atoms with E-state index in [0.29, 0.717) is 40.3 Å². The highest BCUT2D eigenvalue weighted by Crippen LogP contribution is 2.41. The van der Waals surface area contributed by atoms with Crippen LogP contribution in [0.25, 0.3) is 10.6 Å². The van der Waals surface area contributed by atoms with E-state index in [1.807, 2.05) is 42.5 Å². The van der Waals surface area contributed by atoms with Gasteiger partial charge in [0.1, 0.15) is 28.8 Å². The van der Waals surface area contributed by atoms with Crippen molar-refractivity contribution in [1.29, 1.82) is 0 Å². The molecule has 29 heavy (non-hydrogen) atoms. The van der Waals surface area contributed by atoms with E-state index in [1.54, 1.807) is 20.2 Å². The van der Waals surface area contributed by atoms with Gasteiger partial charge in [0.15, 0.2) is 11.5 Å². The molecule has 1 N–H and O–H groups in total. The van der Waals surface area contributed by atoms with E-state index in [0.717, 1.165) is 16.9 Å². The van der Waals surface area contributed by atoms with Gasteiger partial charge >= 0.3 is 0 Å². The minimum absolute atomic E-state index is 0.307. The lowest BCUT2D eigenvalue weighted by Gasteiger charge is -2.20. The number of para-hydroxylation sites is 1. The van der Waals surface area contributed by atoms with Crippen LogP contribution in [0.5, 0.6) is 17.2 Å². The SMILES string of the molecule is COc1ccc(/C=N/NC(=O)c2sc(-c3cccc4c3OCCO4)nc2C)cc1. The Labute approximate surface area is 172 Å². The van der Waals surface area contributed by atoms with Crippen LogP contribution in [0.15, 0.2) is 47.6 Å². The summed E-state index contributed by atoms with van der Waals surface area (Å²) in [7, 11) is 1.61. The van der Waals surface area contributed by atoms with Crippen LogP contribution in [0.1, 0.15) is 20.9 Å². The van der Waals surface area contributed by atoms with E-state index in [-0.39, 0.29) is 5.91 Å². The second-order valence-electron chi connectivity index (χ2n) is 6.24. The number of nitrogens with one attached hydrogen (secondary N) is 1. The maximum Gasteiger partial charge on any atom is 0.283 e. The molecular formula is C21H19N3O4S. The van der Waals surface area contributed by atoms with Crippen molar-refractivity contribution in [3.8, 4) is 27.8 Å². The lowest BCUT2D eigenvalue weighted by atomic mass is 10.2. The molecule has 8 heteroatoms. The van der Waals surface area contributed by atoms with Gasteiger partial charge in [0.05, 0.1) is 24.6 Å². The first-order valence-electron chi connectivity index (χ1n) is 8.99. The molecule has 0 radical (unpaired) electrons. The summed E-state index contributed by atoms with van der Waals surface area (Å²) in [6.45, 7) is 2.81. The van der Waals surface area contributed by atoms with Crippen LogP contribution in [0.4, 0.5) is 0 Å². The third kappa shape index (κ3) is 4.07. The van der Waals surface area contributed by atoms with Gasteiger partial charge in [0.25, 0.3) is 5.91 Å². The maximum atomic E-state index is 12.6. The Morgan fingerprint density at radius 1 is 1.21 bits per heavy atom. The summed E-state index contributed by atoms with van der Waals surface area (Å²) >= 11 is 1.30. The molecular weight excluding hydrogens is 390 g/mol. The molecule has 0 spiro atoms. The topological polar surface area (TPSA) is 82.0 Å². The molecule has 1 aliphatic rings. The highest BCUT2D eigenvalue weighted by atomic mass is 32.1. The fourth-order valence-electron chi connectivity index (χ4n) is 2.87. The second-order valence-corrected chi connectivity index (χ2v) is 7.23. The predicted molar refractivity (Wildman–Crippen MR) is 111 cm³/mol. The van der Waals surface area contributed by atoms with Gasteiger partial charge in [-0.25, -0.2) is 10.4 Å². The summed E-state index contributed by atoms with van der Waals surface area (Å²) in [6.07, 6.45) is 1.58. The first kappa shape index (κ1) is 18.9. The van der Waals surface area contributed by atoms with E-state index in [1.165, 1.54) is 11.3 Å². The highest BCUT2D eigenvalue weighted by Gasteiger charge is 2.22. The normalized spacial score (nSPS) is 12.8. The fourth-order valence-corrected chi connectivity index (χ4v) is 3.85. The molecule has 2 heterocycles. The zero-order chi connectivity index (χ0) is 20.2. The third-order valence-corrected chi connectivity index (χ3v) is 5.48. The van der Waals surface area contributed by atoms with Crippen molar-refractivity contribution in [2.45, 2.75) is 6.92 Å². The number of thiazole rings is 1. The zero-order valence-corrected chi connectivity index (χ0v) is 16.8. The van der Waals surface area contributed by atoms with Crippen molar-refractivity contribution >= 4 is 23.5 Å². The lowest BCUT2D eigenvalue weighted by Crippen LogP contribution is -2.17. The molecule has 0 unspecified atom stereocenters. The minimum atomic E-state index is -0.307. The van der Waals surface area contributed by atoms with E-state index in [4.69, 9.17) is 14.2 Å². The Morgan fingerprint density at radius 2 is 2.00 bits per heavy atom. The maximum absolute atomic E-state index is 12.6. The Kier molecular flexibility index (Phi) is 5.44. The smallest absolute Gasteiger partial charge is 0.283 e. The number of aryl methyl sites for hydroxylation is 1. The molecule has 1 amide bonds. The third-order valence-electron chi connectivity index (χ3n) is 4.29. The number of ether oxygens (including phenoxy) is 3. The highest BCUT2D eigenvalue weighted by molar-refractivity contribution is 7.17. The van der Waals surface area contributed by atoms with Crippen molar-refractivity contribution in [2.75, 3.05) is 20.3 Å². The van der Waals surface area contributed by atoms with Crippen molar-refractivity contribution in [1.82, 2.24) is 10.4 Å². The van der Waals surface area contributed by atoms with E-state index < -0.39 is 0 Å². The van der Waals surface area contributed by atoms with Crippen LogP contribution in [0.3, 0.4) is 0 Å². The van der Waals surface area contributed by atoms with Gasteiger partial charge in [-0.1, -0.05) is 6.07 Å². The number of hydrogen-bond donors (Lipinski definition) is 1. The molecule has 3 aromatic rings. The van der Waals surface area contributed by atoms with Gasteiger partial charge in [0, 0.05) is 0 Å². The molecule has 1 aliphatic heterocycles. The number of carbonyl (C=O) groups is 1. The number of amides is 1. The van der Waals surface area contributed by atoms with Crippen molar-refractivity contribution < 1.29 is 19.0 Å². The number of rotatable bonds is 5. The molecule has 0 atom stereocenters. The van der Waals surface area contributed by atoms with Crippen molar-refractivity contribution in [3.05, 3.63) is 58.6 Å². The van der Waals surface area contributed by atoms with Crippen LogP contribution in [0, 0.1) is 6.92 Å². The number of hydrogen-bond acceptors (Lipinski definition) is 7. The number of aromatic nitrogens is 1. The standard InChI is InChI=1S/C21H19N3O4S/c1-13-19(20(25)24-22-12-14-6-8-15(26-2)9-7-14)29-21(23-13)16-4-3-5-17-18(16)28-11-10-27-17/h3-9,12H,10-11H2,1-2H3,(H,24,25)/b22-12+. The summed E-state index contributed by atoms with van der Waals surface area (Å²) in [4.78, 5) is 17.6. The number of fused-ring (bicyclic) bond motifs is 1. The van der Waals surface area contributed by atoms with Gasteiger partial charge < -0.3 is 14.2 Å². The average Bonchev–Trinajstić information content (AvgIpc) is 3.15. The number of carbonyl (C=O) groups excluding carboxylic acids is 1. The zero-order valence-electron chi connectivity index (χ0n) is 16.0. The molecule has 1 aromatic heterocycles. The van der Waals surface area contributed by atoms with Crippen LogP contribution < -0.4 is 19.6 Å². The summed E-state index contributed by atoms with van der Waals surface area (Å²) in [5, 5.41) is 4.74. The quantitative estimate of drug-likeness (QED) is 0.514. The number of benzene rings is 2. The molecule has 7 nitrogen and oxygen atoms in total. The molecule has 0 saturated heterocycles. The fraction of sp³-hybridized carbons (Fsp3) is 0.190. The van der Waals surface area contributed by atoms with Crippen LogP contribution >= 0.6 is 11.3 Å². The molecule has 4 rings (SSSR count). The minimum Gasteiger partial charge on any atom is -0.497 e. The van der Waals surface area contributed by atoms with E-state index >= 15 is 0 Å². The molecule has 2 aromatic carbocycles. The monoisotopic (exact) mass is 409 g/mol. The van der Waals surface area contributed by atoms with Crippen molar-refractivity contribution in [3.63, 3.8) is 0 Å². The van der Waals surface area contributed by atoms with Gasteiger partial charge in [-0.2, -0.15) is 5.10 Å². The Hall–Kier alpha value is -3.39. The summed E-state index contributed by atoms with van der Waals surface area (Å²) in [6, 6.07) is 13.0. The summed E-state index contributed by atoms with van der Waals surface area (Å²) in [5.74, 6) is 1.81. The number of hydrazone groups is 1. The second kappa shape index (κ2) is 8.32.